The number of pyridine rings is 1. The van der Waals surface area contributed by atoms with Crippen molar-refractivity contribution in [2.75, 3.05) is 24.5 Å². The van der Waals surface area contributed by atoms with Crippen molar-refractivity contribution in [2.45, 2.75) is 84.8 Å². The van der Waals surface area contributed by atoms with Crippen LogP contribution in [0, 0.1) is 0 Å². The summed E-state index contributed by atoms with van der Waals surface area (Å²) < 4.78 is 5.59. The second-order valence-electron chi connectivity index (χ2n) is 8.48. The van der Waals surface area contributed by atoms with Gasteiger partial charge in [-0.3, -0.25) is 9.80 Å². The number of ether oxygens (including phenoxy) is 1. The number of nitrogens with zero attached hydrogens (tertiary/aromatic N) is 3. The van der Waals surface area contributed by atoms with Crippen molar-refractivity contribution >= 4 is 11.9 Å². The molecule has 0 aliphatic carbocycles. The molecule has 0 spiro atoms. The fourth-order valence-electron chi connectivity index (χ4n) is 3.61. The third kappa shape index (κ3) is 6.49. The van der Waals surface area contributed by atoms with Crippen LogP contribution in [-0.2, 0) is 4.74 Å². The first-order valence-electron chi connectivity index (χ1n) is 10.6. The van der Waals surface area contributed by atoms with E-state index in [4.69, 9.17) is 4.74 Å². The Balaban J connectivity index is 2.16. The summed E-state index contributed by atoms with van der Waals surface area (Å²) in [6.45, 7) is 13.0. The lowest BCUT2D eigenvalue weighted by Gasteiger charge is -2.35. The number of piperidine rings is 1. The summed E-state index contributed by atoms with van der Waals surface area (Å²) in [7, 11) is 0. The zero-order valence-electron chi connectivity index (χ0n) is 17.8. The molecule has 1 aromatic rings. The van der Waals surface area contributed by atoms with Crippen LogP contribution < -0.4 is 4.90 Å². The van der Waals surface area contributed by atoms with Crippen LogP contribution >= 0.6 is 0 Å². The highest BCUT2D eigenvalue weighted by Gasteiger charge is 2.26. The fraction of sp³-hybridized carbons (Fsp3) is 0.727. The van der Waals surface area contributed by atoms with Crippen molar-refractivity contribution < 1.29 is 9.53 Å². The van der Waals surface area contributed by atoms with Gasteiger partial charge in [0, 0.05) is 18.8 Å². The summed E-state index contributed by atoms with van der Waals surface area (Å²) in [5.41, 5.74) is 0.746. The van der Waals surface area contributed by atoms with Gasteiger partial charge in [0.2, 0.25) is 0 Å². The monoisotopic (exact) mass is 375 g/mol. The lowest BCUT2D eigenvalue weighted by molar-refractivity contribution is 0.0578. The Hall–Kier alpha value is -1.62. The number of unbranched alkanes of at least 4 members (excludes halogenated alkanes) is 1. The number of aromatic nitrogens is 1. The van der Waals surface area contributed by atoms with E-state index in [1.807, 2.05) is 33.0 Å². The smallest absolute Gasteiger partial charge is 0.416 e. The average molecular weight is 376 g/mol. The molecule has 5 nitrogen and oxygen atoms in total. The number of carbonyl (C=O) groups is 1. The van der Waals surface area contributed by atoms with E-state index in [9.17, 15) is 4.79 Å². The van der Waals surface area contributed by atoms with Crippen LogP contribution in [-0.4, -0.2) is 41.2 Å². The fourth-order valence-corrected chi connectivity index (χ4v) is 3.61. The maximum Gasteiger partial charge on any atom is 0.416 e. The first-order chi connectivity index (χ1) is 12.9. The minimum Gasteiger partial charge on any atom is -0.443 e. The molecule has 1 saturated heterocycles. The number of anilines is 1. The molecule has 1 aliphatic rings. The van der Waals surface area contributed by atoms with E-state index >= 15 is 0 Å². The van der Waals surface area contributed by atoms with E-state index in [0.717, 1.165) is 19.4 Å². The Morgan fingerprint density at radius 3 is 2.63 bits per heavy atom. The van der Waals surface area contributed by atoms with Gasteiger partial charge in [-0.05, 0) is 71.2 Å². The molecular formula is C22H37N3O2. The van der Waals surface area contributed by atoms with Gasteiger partial charge in [0.15, 0.2) is 0 Å². The molecule has 0 radical (unpaired) electrons. The molecule has 5 heteroatoms. The number of amides is 1. The molecule has 152 valence electrons. The highest BCUT2D eigenvalue weighted by Crippen LogP contribution is 2.31. The van der Waals surface area contributed by atoms with Crippen LogP contribution in [0.4, 0.5) is 10.6 Å². The summed E-state index contributed by atoms with van der Waals surface area (Å²) >= 11 is 0. The predicted octanol–water partition coefficient (Wildman–Crippen LogP) is 5.56. The van der Waals surface area contributed by atoms with Gasteiger partial charge in [-0.2, -0.15) is 0 Å². The van der Waals surface area contributed by atoms with Crippen LogP contribution in [0.3, 0.4) is 0 Å². The largest absolute Gasteiger partial charge is 0.443 e. The average Bonchev–Trinajstić information content (AvgIpc) is 2.62. The maximum absolute atomic E-state index is 12.6. The Labute approximate surface area is 165 Å². The van der Waals surface area contributed by atoms with Crippen molar-refractivity contribution in [2.24, 2.45) is 0 Å². The van der Waals surface area contributed by atoms with E-state index in [-0.39, 0.29) is 6.09 Å². The lowest BCUT2D eigenvalue weighted by Crippen LogP contribution is -2.38. The van der Waals surface area contributed by atoms with Gasteiger partial charge in [-0.1, -0.05) is 32.8 Å². The van der Waals surface area contributed by atoms with Gasteiger partial charge in [0.1, 0.15) is 11.4 Å². The van der Waals surface area contributed by atoms with Crippen molar-refractivity contribution in [3.05, 3.63) is 23.9 Å². The van der Waals surface area contributed by atoms with Crippen molar-refractivity contribution in [3.63, 3.8) is 0 Å². The molecule has 0 aromatic carbocycles. The Morgan fingerprint density at radius 1 is 1.26 bits per heavy atom. The topological polar surface area (TPSA) is 45.7 Å². The molecule has 0 saturated carbocycles. The zero-order valence-corrected chi connectivity index (χ0v) is 17.8. The maximum atomic E-state index is 12.6. The molecular weight excluding hydrogens is 338 g/mol. The standard InChI is InChI=1S/C22H37N3O2/c1-6-8-16-25(21(26)27-22(3,4)5)20-13-12-18(17-23-20)19-11-9-10-15-24(19)14-7-2/h12-13,17,19H,6-11,14-16H2,1-5H3/t19-/m1/s1. The van der Waals surface area contributed by atoms with E-state index in [2.05, 4.69) is 29.8 Å². The van der Waals surface area contributed by atoms with Crippen LogP contribution in [0.15, 0.2) is 18.3 Å². The number of carbonyl (C=O) groups excluding carboxylic acids is 1. The van der Waals surface area contributed by atoms with E-state index in [1.54, 1.807) is 4.90 Å². The molecule has 1 amide bonds. The van der Waals surface area contributed by atoms with Gasteiger partial charge in [-0.15, -0.1) is 0 Å². The van der Waals surface area contributed by atoms with Crippen LogP contribution in [0.2, 0.25) is 0 Å². The van der Waals surface area contributed by atoms with E-state index in [0.29, 0.717) is 18.4 Å². The summed E-state index contributed by atoms with van der Waals surface area (Å²) in [4.78, 5) is 21.5. The molecule has 27 heavy (non-hydrogen) atoms. The van der Waals surface area contributed by atoms with Crippen LogP contribution in [0.1, 0.15) is 84.7 Å². The third-order valence-electron chi connectivity index (χ3n) is 4.91. The van der Waals surface area contributed by atoms with Gasteiger partial charge >= 0.3 is 6.09 Å². The molecule has 1 fully saturated rings. The molecule has 0 unspecified atom stereocenters. The van der Waals surface area contributed by atoms with Crippen LogP contribution in [0.5, 0.6) is 0 Å². The van der Waals surface area contributed by atoms with Crippen molar-refractivity contribution in [3.8, 4) is 0 Å². The summed E-state index contributed by atoms with van der Waals surface area (Å²) in [5.74, 6) is 0.680. The highest BCUT2D eigenvalue weighted by atomic mass is 16.6. The first-order valence-corrected chi connectivity index (χ1v) is 10.6. The molecule has 1 atom stereocenters. The minimum atomic E-state index is -0.510. The predicted molar refractivity (Wildman–Crippen MR) is 111 cm³/mol. The summed E-state index contributed by atoms with van der Waals surface area (Å²) in [5, 5.41) is 0. The summed E-state index contributed by atoms with van der Waals surface area (Å²) in [6.07, 6.45) is 8.50. The quantitative estimate of drug-likeness (QED) is 0.626. The van der Waals surface area contributed by atoms with Crippen LogP contribution in [0.25, 0.3) is 0 Å². The SMILES string of the molecule is CCCCN(C(=O)OC(C)(C)C)c1ccc([C@H]2CCCCN2CCC)cn1. The molecule has 2 heterocycles. The van der Waals surface area contributed by atoms with Crippen molar-refractivity contribution in [1.82, 2.24) is 9.88 Å². The minimum absolute atomic E-state index is 0.318. The van der Waals surface area contributed by atoms with Gasteiger partial charge in [-0.25, -0.2) is 9.78 Å². The summed E-state index contributed by atoms with van der Waals surface area (Å²) in [6, 6.07) is 4.57. The highest BCUT2D eigenvalue weighted by molar-refractivity contribution is 5.86. The number of hydrogen-bond acceptors (Lipinski definition) is 4. The first kappa shape index (κ1) is 21.7. The molecule has 2 rings (SSSR count). The van der Waals surface area contributed by atoms with Gasteiger partial charge in [0.05, 0.1) is 0 Å². The van der Waals surface area contributed by atoms with Gasteiger partial charge in [0.25, 0.3) is 0 Å². The molecule has 1 aromatic heterocycles. The second-order valence-corrected chi connectivity index (χ2v) is 8.48. The van der Waals surface area contributed by atoms with Crippen molar-refractivity contribution in [1.29, 1.82) is 0 Å². The van der Waals surface area contributed by atoms with Gasteiger partial charge < -0.3 is 4.74 Å². The third-order valence-corrected chi connectivity index (χ3v) is 4.91. The molecule has 0 bridgehead atoms. The Morgan fingerprint density at radius 2 is 2.04 bits per heavy atom. The second kappa shape index (κ2) is 10.1. The number of likely N-dealkylation sites (tertiary alicyclic amines) is 1. The lowest BCUT2D eigenvalue weighted by atomic mass is 9.96. The number of rotatable bonds is 7. The molecule has 1 aliphatic heterocycles. The Kier molecular flexibility index (Phi) is 8.08. The molecule has 0 N–H and O–H groups in total. The Bertz CT molecular complexity index is 578. The van der Waals surface area contributed by atoms with E-state index in [1.165, 1.54) is 37.8 Å². The van der Waals surface area contributed by atoms with E-state index < -0.39 is 5.60 Å². The normalized spacial score (nSPS) is 18.3. The number of hydrogen-bond donors (Lipinski definition) is 0. The zero-order chi connectivity index (χ0) is 19.9.